The highest BCUT2D eigenvalue weighted by Gasteiger charge is 1.93. The lowest BCUT2D eigenvalue weighted by molar-refractivity contribution is 1.40. The second-order valence-corrected chi connectivity index (χ2v) is 3.13. The van der Waals surface area contributed by atoms with Crippen molar-refractivity contribution in [2.24, 2.45) is 0 Å². The fourth-order valence-corrected chi connectivity index (χ4v) is 1.19. The van der Waals surface area contributed by atoms with Crippen LogP contribution in [0, 0.1) is 0 Å². The summed E-state index contributed by atoms with van der Waals surface area (Å²) in [4.78, 5) is 0. The predicted molar refractivity (Wildman–Crippen MR) is 93.5 cm³/mol. The van der Waals surface area contributed by atoms with Crippen LogP contribution in [-0.4, -0.2) is 0 Å². The number of allylic oxidation sites excluding steroid dienone is 5. The standard InChI is InChI=1S/C14H16.2C2H6.CH4/c1-3-4-5-7-10-13(2)14-11-8-6-9-12-14;2*1-2;/h3-9,11-12H,2,10H2,1H3;2*1-2H3;1H4/b4-3-,7-5?;;;. The molecule has 0 aliphatic carbocycles. The molecule has 108 valence electrons. The number of rotatable bonds is 4. The van der Waals surface area contributed by atoms with Gasteiger partial charge in [-0.1, -0.05) is 96.3 Å². The summed E-state index contributed by atoms with van der Waals surface area (Å²) in [6.45, 7) is 14.1. The first-order chi connectivity index (χ1) is 8.84. The van der Waals surface area contributed by atoms with Crippen LogP contribution in [0.3, 0.4) is 0 Å². The molecule has 19 heavy (non-hydrogen) atoms. The van der Waals surface area contributed by atoms with E-state index in [4.69, 9.17) is 0 Å². The second kappa shape index (κ2) is 18.8. The van der Waals surface area contributed by atoms with Crippen LogP contribution >= 0.6 is 0 Å². The quantitative estimate of drug-likeness (QED) is 0.516. The zero-order valence-corrected chi connectivity index (χ0v) is 12.6. The Bertz CT molecular complexity index is 328. The van der Waals surface area contributed by atoms with Gasteiger partial charge in [-0.3, -0.25) is 0 Å². The Labute approximate surface area is 121 Å². The fourth-order valence-electron chi connectivity index (χ4n) is 1.19. The Balaban J connectivity index is -0.000000467. The Morgan fingerprint density at radius 2 is 1.53 bits per heavy atom. The molecule has 0 amide bonds. The van der Waals surface area contributed by atoms with Crippen molar-refractivity contribution in [1.29, 1.82) is 0 Å². The van der Waals surface area contributed by atoms with Crippen LogP contribution in [0.2, 0.25) is 0 Å². The Kier molecular flexibility index (Phi) is 22.4. The van der Waals surface area contributed by atoms with E-state index < -0.39 is 0 Å². The normalized spacial score (nSPS) is 8.89. The largest absolute Gasteiger partial charge is 0.0949 e. The molecule has 0 bridgehead atoms. The molecule has 1 aromatic carbocycles. The van der Waals surface area contributed by atoms with Gasteiger partial charge in [0.2, 0.25) is 0 Å². The molecule has 1 aromatic rings. The molecule has 1 rings (SSSR count). The summed E-state index contributed by atoms with van der Waals surface area (Å²) in [6, 6.07) is 10.3. The van der Waals surface area contributed by atoms with E-state index in [1.54, 1.807) is 0 Å². The summed E-state index contributed by atoms with van der Waals surface area (Å²) in [5.74, 6) is 0. The lowest BCUT2D eigenvalue weighted by Gasteiger charge is -2.00. The van der Waals surface area contributed by atoms with E-state index >= 15 is 0 Å². The molecule has 0 atom stereocenters. The third-order valence-corrected chi connectivity index (χ3v) is 1.99. The van der Waals surface area contributed by atoms with Gasteiger partial charge in [-0.2, -0.15) is 0 Å². The lowest BCUT2D eigenvalue weighted by atomic mass is 10.0. The molecule has 0 spiro atoms. The molecule has 0 fully saturated rings. The average Bonchev–Trinajstić information content (AvgIpc) is 2.48. The summed E-state index contributed by atoms with van der Waals surface area (Å²) < 4.78 is 0. The highest BCUT2D eigenvalue weighted by atomic mass is 14.0. The van der Waals surface area contributed by atoms with Gasteiger partial charge < -0.3 is 0 Å². The Morgan fingerprint density at radius 3 is 2.00 bits per heavy atom. The third-order valence-electron chi connectivity index (χ3n) is 1.99. The van der Waals surface area contributed by atoms with E-state index in [0.717, 1.165) is 12.0 Å². The molecule has 0 aromatic heterocycles. The van der Waals surface area contributed by atoms with Crippen molar-refractivity contribution in [3.8, 4) is 0 Å². The van der Waals surface area contributed by atoms with Gasteiger partial charge in [0.15, 0.2) is 0 Å². The molecule has 0 aliphatic heterocycles. The van der Waals surface area contributed by atoms with Crippen molar-refractivity contribution in [2.75, 3.05) is 0 Å². The minimum Gasteiger partial charge on any atom is -0.0949 e. The van der Waals surface area contributed by atoms with E-state index in [1.165, 1.54) is 5.56 Å². The van der Waals surface area contributed by atoms with Gasteiger partial charge in [0.1, 0.15) is 0 Å². The van der Waals surface area contributed by atoms with Crippen LogP contribution in [0.5, 0.6) is 0 Å². The summed E-state index contributed by atoms with van der Waals surface area (Å²) in [5.41, 5.74) is 2.38. The van der Waals surface area contributed by atoms with Crippen LogP contribution in [-0.2, 0) is 0 Å². The summed E-state index contributed by atoms with van der Waals surface area (Å²) in [6.07, 6.45) is 9.12. The topological polar surface area (TPSA) is 0 Å². The first kappa shape index (κ1) is 22.6. The Morgan fingerprint density at radius 1 is 1.00 bits per heavy atom. The highest BCUT2D eigenvalue weighted by Crippen LogP contribution is 2.15. The smallest absolute Gasteiger partial charge is 0.00943 e. The molecule has 0 aliphatic rings. The molecule has 0 nitrogen and oxygen atoms in total. The van der Waals surface area contributed by atoms with Crippen LogP contribution in [0.25, 0.3) is 5.57 Å². The zero-order chi connectivity index (χ0) is 14.2. The zero-order valence-electron chi connectivity index (χ0n) is 12.6. The number of benzene rings is 1. The van der Waals surface area contributed by atoms with Crippen LogP contribution < -0.4 is 0 Å². The minimum atomic E-state index is 0. The van der Waals surface area contributed by atoms with E-state index in [-0.39, 0.29) is 7.43 Å². The molecular weight excluding hydrogens is 228 g/mol. The van der Waals surface area contributed by atoms with Gasteiger partial charge in [0.05, 0.1) is 0 Å². The van der Waals surface area contributed by atoms with Crippen LogP contribution in [0.15, 0.2) is 61.2 Å². The Hall–Kier alpha value is -1.56. The van der Waals surface area contributed by atoms with Crippen molar-refractivity contribution in [2.45, 2.75) is 48.5 Å². The molecule has 0 N–H and O–H groups in total. The van der Waals surface area contributed by atoms with Gasteiger partial charge in [-0.25, -0.2) is 0 Å². The van der Waals surface area contributed by atoms with Crippen LogP contribution in [0.1, 0.15) is 54.0 Å². The van der Waals surface area contributed by atoms with Crippen LogP contribution in [0.4, 0.5) is 0 Å². The monoisotopic (exact) mass is 260 g/mol. The molecule has 0 unspecified atom stereocenters. The number of hydrogen-bond donors (Lipinski definition) is 0. The van der Waals surface area contributed by atoms with Gasteiger partial charge in [0.25, 0.3) is 0 Å². The lowest BCUT2D eigenvalue weighted by Crippen LogP contribution is -1.79. The van der Waals surface area contributed by atoms with Gasteiger partial charge in [-0.05, 0) is 24.5 Å². The SMILES string of the molecule is C.C=C(CC=C/C=C\C)c1ccccc1.CC.CC. The molecular formula is C19H32. The van der Waals surface area contributed by atoms with Gasteiger partial charge >= 0.3 is 0 Å². The third kappa shape index (κ3) is 12.7. The maximum atomic E-state index is 4.05. The van der Waals surface area contributed by atoms with Gasteiger partial charge in [-0.15, -0.1) is 0 Å². The van der Waals surface area contributed by atoms with E-state index in [2.05, 4.69) is 24.8 Å². The minimum absolute atomic E-state index is 0. The first-order valence-electron chi connectivity index (χ1n) is 6.85. The fraction of sp³-hybridized carbons (Fsp3) is 0.368. The molecule has 0 heteroatoms. The summed E-state index contributed by atoms with van der Waals surface area (Å²) in [5, 5.41) is 0. The molecule has 0 saturated carbocycles. The van der Waals surface area contributed by atoms with E-state index in [0.29, 0.717) is 0 Å². The van der Waals surface area contributed by atoms with Crippen molar-refractivity contribution in [3.05, 3.63) is 66.8 Å². The summed E-state index contributed by atoms with van der Waals surface area (Å²) in [7, 11) is 0. The van der Waals surface area contributed by atoms with Crippen molar-refractivity contribution in [3.63, 3.8) is 0 Å². The molecule has 0 radical (unpaired) electrons. The highest BCUT2D eigenvalue weighted by molar-refractivity contribution is 5.64. The maximum absolute atomic E-state index is 4.05. The van der Waals surface area contributed by atoms with Crippen molar-refractivity contribution in [1.82, 2.24) is 0 Å². The first-order valence-corrected chi connectivity index (χ1v) is 6.85. The second-order valence-electron chi connectivity index (χ2n) is 3.13. The van der Waals surface area contributed by atoms with E-state index in [9.17, 15) is 0 Å². The average molecular weight is 260 g/mol. The predicted octanol–water partition coefficient (Wildman–Crippen LogP) is 6.91. The van der Waals surface area contributed by atoms with Gasteiger partial charge in [0, 0.05) is 0 Å². The van der Waals surface area contributed by atoms with E-state index in [1.807, 2.05) is 71.0 Å². The molecule has 0 heterocycles. The summed E-state index contributed by atoms with van der Waals surface area (Å²) >= 11 is 0. The maximum Gasteiger partial charge on any atom is -0.00943 e. The van der Waals surface area contributed by atoms with Crippen molar-refractivity contribution >= 4 is 5.57 Å². The van der Waals surface area contributed by atoms with Crippen molar-refractivity contribution < 1.29 is 0 Å². The number of hydrogen-bond acceptors (Lipinski definition) is 0. The molecule has 0 saturated heterocycles.